The lowest BCUT2D eigenvalue weighted by atomic mass is 10.2. The van der Waals surface area contributed by atoms with Gasteiger partial charge in [0.2, 0.25) is 11.8 Å². The van der Waals surface area contributed by atoms with Crippen LogP contribution in [0.3, 0.4) is 0 Å². The highest BCUT2D eigenvalue weighted by Gasteiger charge is 2.27. The molecule has 9 heteroatoms. The summed E-state index contributed by atoms with van der Waals surface area (Å²) in [6, 6.07) is 5.47. The first-order valence-corrected chi connectivity index (χ1v) is 8.13. The second kappa shape index (κ2) is 6.43. The summed E-state index contributed by atoms with van der Waals surface area (Å²) in [4.78, 5) is 36.2. The van der Waals surface area contributed by atoms with Gasteiger partial charge < -0.3 is 9.64 Å². The second-order valence-corrected chi connectivity index (χ2v) is 5.93. The summed E-state index contributed by atoms with van der Waals surface area (Å²) in [5.41, 5.74) is 0.670. The van der Waals surface area contributed by atoms with Crippen LogP contribution in [0.15, 0.2) is 41.8 Å². The van der Waals surface area contributed by atoms with E-state index in [0.717, 1.165) is 5.39 Å². The molecule has 9 nitrogen and oxygen atoms in total. The minimum atomic E-state index is -0.412. The molecule has 0 unspecified atom stereocenters. The van der Waals surface area contributed by atoms with Crippen molar-refractivity contribution in [1.82, 2.24) is 30.0 Å². The zero-order chi connectivity index (χ0) is 18.1. The largest absolute Gasteiger partial charge is 0.471 e. The van der Waals surface area contributed by atoms with Crippen molar-refractivity contribution < 1.29 is 9.53 Å². The van der Waals surface area contributed by atoms with Gasteiger partial charge in [-0.25, -0.2) is 14.9 Å². The zero-order valence-corrected chi connectivity index (χ0v) is 13.8. The molecule has 1 aliphatic rings. The normalized spacial score (nSPS) is 16.8. The van der Waals surface area contributed by atoms with E-state index < -0.39 is 5.69 Å². The summed E-state index contributed by atoms with van der Waals surface area (Å²) in [5, 5.41) is 7.05. The monoisotopic (exact) mass is 352 g/mol. The molecular weight excluding hydrogens is 336 g/mol. The van der Waals surface area contributed by atoms with E-state index >= 15 is 0 Å². The third-order valence-corrected chi connectivity index (χ3v) is 4.21. The molecule has 4 heterocycles. The van der Waals surface area contributed by atoms with Crippen LogP contribution in [0.1, 0.15) is 6.42 Å². The van der Waals surface area contributed by atoms with Crippen molar-refractivity contribution in [2.45, 2.75) is 12.5 Å². The third-order valence-electron chi connectivity index (χ3n) is 4.21. The van der Waals surface area contributed by atoms with Crippen molar-refractivity contribution in [3.8, 4) is 17.4 Å². The van der Waals surface area contributed by atoms with E-state index in [1.807, 2.05) is 12.1 Å². The molecule has 1 aliphatic heterocycles. The third kappa shape index (κ3) is 2.94. The fourth-order valence-electron chi connectivity index (χ4n) is 2.96. The van der Waals surface area contributed by atoms with Crippen molar-refractivity contribution in [1.29, 1.82) is 0 Å². The molecule has 0 spiro atoms. The number of hydrogen-bond donors (Lipinski definition) is 2. The van der Waals surface area contributed by atoms with Crippen LogP contribution in [-0.2, 0) is 4.79 Å². The Morgan fingerprint density at radius 2 is 2.35 bits per heavy atom. The van der Waals surface area contributed by atoms with Gasteiger partial charge in [0.05, 0.1) is 6.54 Å². The topological polar surface area (TPSA) is 117 Å². The number of aromatic amines is 2. The molecule has 4 rings (SSSR count). The van der Waals surface area contributed by atoms with E-state index in [-0.39, 0.29) is 12.0 Å². The molecule has 3 aromatic rings. The van der Waals surface area contributed by atoms with E-state index in [9.17, 15) is 9.59 Å². The highest BCUT2D eigenvalue weighted by Crippen LogP contribution is 2.28. The summed E-state index contributed by atoms with van der Waals surface area (Å²) in [6.07, 6.45) is 3.46. The Morgan fingerprint density at radius 1 is 1.46 bits per heavy atom. The van der Waals surface area contributed by atoms with Gasteiger partial charge in [-0.05, 0) is 18.2 Å². The SMILES string of the molecule is C=CC(=O)N1CC[C@H](Oc2nc(-c3n[nH]c(=O)[nH]3)cc3cccnc23)C1. The van der Waals surface area contributed by atoms with Gasteiger partial charge >= 0.3 is 5.69 Å². The Labute approximate surface area is 147 Å². The second-order valence-electron chi connectivity index (χ2n) is 5.93. The van der Waals surface area contributed by atoms with Crippen LogP contribution in [0.2, 0.25) is 0 Å². The maximum absolute atomic E-state index is 11.7. The molecule has 0 aliphatic carbocycles. The van der Waals surface area contributed by atoms with E-state index in [4.69, 9.17) is 4.74 Å². The Kier molecular flexibility index (Phi) is 3.96. The number of aromatic nitrogens is 5. The van der Waals surface area contributed by atoms with Crippen molar-refractivity contribution in [3.05, 3.63) is 47.5 Å². The lowest BCUT2D eigenvalue weighted by molar-refractivity contribution is -0.125. The lowest BCUT2D eigenvalue weighted by Gasteiger charge is -2.16. The van der Waals surface area contributed by atoms with Gasteiger partial charge in [0.1, 0.15) is 17.3 Å². The number of likely N-dealkylation sites (tertiary alicyclic amines) is 1. The molecule has 2 N–H and O–H groups in total. The quantitative estimate of drug-likeness (QED) is 0.673. The Morgan fingerprint density at radius 3 is 3.12 bits per heavy atom. The zero-order valence-electron chi connectivity index (χ0n) is 13.8. The summed E-state index contributed by atoms with van der Waals surface area (Å²) in [7, 11) is 0. The van der Waals surface area contributed by atoms with Crippen LogP contribution in [0, 0.1) is 0 Å². The highest BCUT2D eigenvalue weighted by atomic mass is 16.5. The summed E-state index contributed by atoms with van der Waals surface area (Å²) >= 11 is 0. The molecule has 1 atom stereocenters. The van der Waals surface area contributed by atoms with Crippen molar-refractivity contribution >= 4 is 16.8 Å². The first-order chi connectivity index (χ1) is 12.6. The standard InChI is InChI=1S/C17H16N6O3/c1-2-13(24)23-7-5-11(9-23)26-16-14-10(4-3-6-18-14)8-12(19-16)15-20-17(25)22-21-15/h2-4,6,8,11H,1,5,7,9H2,(H2,20,21,22,25)/t11-/m0/s1. The van der Waals surface area contributed by atoms with E-state index in [0.29, 0.717) is 42.4 Å². The number of nitrogens with one attached hydrogen (secondary N) is 2. The maximum Gasteiger partial charge on any atom is 0.340 e. The van der Waals surface area contributed by atoms with Gasteiger partial charge in [-0.3, -0.25) is 14.8 Å². The number of amides is 1. The molecule has 1 fully saturated rings. The van der Waals surface area contributed by atoms with Crippen molar-refractivity contribution in [2.75, 3.05) is 13.1 Å². The number of carbonyl (C=O) groups excluding carboxylic acids is 1. The fraction of sp³-hybridized carbons (Fsp3) is 0.235. The first kappa shape index (κ1) is 16.0. The van der Waals surface area contributed by atoms with E-state index in [1.165, 1.54) is 6.08 Å². The minimum absolute atomic E-state index is 0.116. The summed E-state index contributed by atoms with van der Waals surface area (Å²) < 4.78 is 6.05. The summed E-state index contributed by atoms with van der Waals surface area (Å²) in [5.74, 6) is 0.551. The molecule has 1 amide bonds. The molecule has 1 saturated heterocycles. The van der Waals surface area contributed by atoms with Crippen LogP contribution in [0.5, 0.6) is 5.88 Å². The van der Waals surface area contributed by atoms with Crippen molar-refractivity contribution in [3.63, 3.8) is 0 Å². The lowest BCUT2D eigenvalue weighted by Crippen LogP contribution is -2.29. The average Bonchev–Trinajstić information content (AvgIpc) is 3.30. The van der Waals surface area contributed by atoms with Crippen molar-refractivity contribution in [2.24, 2.45) is 0 Å². The average molecular weight is 352 g/mol. The van der Waals surface area contributed by atoms with Crippen LogP contribution < -0.4 is 10.4 Å². The molecule has 132 valence electrons. The highest BCUT2D eigenvalue weighted by molar-refractivity contribution is 5.87. The van der Waals surface area contributed by atoms with Gasteiger partial charge in [0.15, 0.2) is 5.82 Å². The van der Waals surface area contributed by atoms with E-state index in [1.54, 1.807) is 17.2 Å². The van der Waals surface area contributed by atoms with Crippen LogP contribution in [0.25, 0.3) is 22.4 Å². The maximum atomic E-state index is 11.7. The molecule has 3 aromatic heterocycles. The number of ether oxygens (including phenoxy) is 1. The molecular formula is C17H16N6O3. The Bertz CT molecular complexity index is 1040. The Balaban J connectivity index is 1.68. The molecule has 0 saturated carbocycles. The number of carbonyl (C=O) groups is 1. The number of pyridine rings is 2. The molecule has 26 heavy (non-hydrogen) atoms. The van der Waals surface area contributed by atoms with Crippen LogP contribution in [-0.4, -0.2) is 55.1 Å². The number of H-pyrrole nitrogens is 2. The van der Waals surface area contributed by atoms with Crippen LogP contribution in [0.4, 0.5) is 0 Å². The number of hydrogen-bond acceptors (Lipinski definition) is 6. The first-order valence-electron chi connectivity index (χ1n) is 8.13. The van der Waals surface area contributed by atoms with E-state index in [2.05, 4.69) is 31.7 Å². The van der Waals surface area contributed by atoms with Gasteiger partial charge in [-0.2, -0.15) is 5.10 Å². The number of nitrogens with zero attached hydrogens (tertiary/aromatic N) is 4. The van der Waals surface area contributed by atoms with Gasteiger partial charge in [0.25, 0.3) is 0 Å². The Hall–Kier alpha value is -3.49. The van der Waals surface area contributed by atoms with Gasteiger partial charge in [-0.1, -0.05) is 12.6 Å². The smallest absolute Gasteiger partial charge is 0.340 e. The fourth-order valence-corrected chi connectivity index (χ4v) is 2.96. The summed E-state index contributed by atoms with van der Waals surface area (Å²) in [6.45, 7) is 4.58. The van der Waals surface area contributed by atoms with Crippen LogP contribution >= 0.6 is 0 Å². The van der Waals surface area contributed by atoms with Gasteiger partial charge in [-0.15, -0.1) is 0 Å². The number of rotatable bonds is 4. The predicted molar refractivity (Wildman–Crippen MR) is 93.6 cm³/mol. The molecule has 0 aromatic carbocycles. The minimum Gasteiger partial charge on any atom is -0.471 e. The number of fused-ring (bicyclic) bond motifs is 1. The molecule has 0 radical (unpaired) electrons. The molecule has 0 bridgehead atoms. The van der Waals surface area contributed by atoms with Gasteiger partial charge in [0, 0.05) is 24.5 Å². The predicted octanol–water partition coefficient (Wildman–Crippen LogP) is 0.874.